The van der Waals surface area contributed by atoms with Crippen molar-refractivity contribution < 1.29 is 43.8 Å². The summed E-state index contributed by atoms with van der Waals surface area (Å²) >= 11 is 6.15. The molecule has 0 radical (unpaired) electrons. The van der Waals surface area contributed by atoms with E-state index in [1.807, 2.05) is 35.8 Å². The largest absolute Gasteiger partial charge is 0.408 e. The standard InChI is InChI=1S/C25H33N5O4Si.C19H19N5O4.C6H15ClSi.CH3F/c1-7-25-13-32-18(19(25)34-35(5,6)24(2,3)4)23(33-25)30-15-28-17-20(26-14-27-21(17)30)29-22(31)16-11-9-8-10-12-16;1-2-19-8-27-13(14(19)25)18(28-19)24-10-22-12-15(20-9-21-16(12)24)23-17(26)11-6-4-3-5-7-11;1-6(2,3)8(4,5)7;1-2/h8-12,14-15,18-19,23H,7,13H2,1-6H3,(H,26,27,29,31);3-7,9-10,13-14,18,25H,2,8H2,1H3,(H,20,21,23,26);1-5H3;1H3/t18-,19+,23-,25+;13-,14+,18-,19+;;/m11../s1/i;;;1D. The zero-order valence-electron chi connectivity index (χ0n) is 44.7. The van der Waals surface area contributed by atoms with E-state index in [2.05, 4.69) is 115 Å². The number of ether oxygens (including phenoxy) is 4. The van der Waals surface area contributed by atoms with Gasteiger partial charge in [-0.1, -0.05) is 105 Å². The van der Waals surface area contributed by atoms with Crippen molar-refractivity contribution in [2.75, 3.05) is 31.0 Å². The van der Waals surface area contributed by atoms with Gasteiger partial charge in [0.2, 0.25) is 0 Å². The van der Waals surface area contributed by atoms with Gasteiger partial charge in [-0.15, -0.1) is 0 Å². The van der Waals surface area contributed by atoms with Crippen LogP contribution >= 0.6 is 11.1 Å². The number of aliphatic hydroxyl groups excluding tert-OH is 1. The maximum Gasteiger partial charge on any atom is 0.256 e. The summed E-state index contributed by atoms with van der Waals surface area (Å²) in [6, 6.07) is 17.9. The van der Waals surface area contributed by atoms with Crippen LogP contribution in [0, 0.1) is 0 Å². The number of aromatic nitrogens is 8. The maximum absolute atomic E-state index is 12.7. The summed E-state index contributed by atoms with van der Waals surface area (Å²) in [6.07, 6.45) is 4.83. The van der Waals surface area contributed by atoms with Gasteiger partial charge in [-0.25, -0.2) is 29.9 Å². The number of nitrogens with one attached hydrogen (secondary N) is 2. The van der Waals surface area contributed by atoms with Crippen LogP contribution in [-0.2, 0) is 23.4 Å². The zero-order chi connectivity index (χ0) is 54.0. The number of fused-ring (bicyclic) bond motifs is 6. The van der Waals surface area contributed by atoms with Gasteiger partial charge < -0.3 is 39.1 Å². The molecule has 10 rings (SSSR count). The highest BCUT2D eigenvalue weighted by Gasteiger charge is 2.64. The van der Waals surface area contributed by atoms with Crippen molar-refractivity contribution in [3.8, 4) is 0 Å². The van der Waals surface area contributed by atoms with E-state index in [1.165, 1.54) is 12.7 Å². The average molecular weight is 1060 g/mol. The second kappa shape index (κ2) is 21.6. The predicted octanol–water partition coefficient (Wildman–Crippen LogP) is 9.88. The molecule has 3 N–H and O–H groups in total. The molecular formula is C51H70ClFN10O8Si2. The minimum Gasteiger partial charge on any atom is -0.408 e. The van der Waals surface area contributed by atoms with Gasteiger partial charge in [-0.2, -0.15) is 11.1 Å². The van der Waals surface area contributed by atoms with Crippen LogP contribution in [0.1, 0.15) is 103 Å². The maximum atomic E-state index is 12.7. The molecule has 2 aromatic carbocycles. The van der Waals surface area contributed by atoms with Crippen molar-refractivity contribution >= 4 is 72.6 Å². The molecule has 22 heteroatoms. The number of amides is 2. The number of hydrogen-bond donors (Lipinski definition) is 3. The van der Waals surface area contributed by atoms with Gasteiger partial charge in [-0.3, -0.25) is 23.1 Å². The molecule has 0 aliphatic carbocycles. The number of alkyl halides is 1. The number of halogens is 2. The quantitative estimate of drug-likeness (QED) is 0.0861. The second-order valence-corrected chi connectivity index (χ2v) is 33.6. The first kappa shape index (κ1) is 54.2. The molecule has 0 saturated carbocycles. The van der Waals surface area contributed by atoms with E-state index in [-0.39, 0.29) is 29.1 Å². The van der Waals surface area contributed by atoms with E-state index >= 15 is 0 Å². The molecule has 4 aliphatic rings. The predicted molar refractivity (Wildman–Crippen MR) is 283 cm³/mol. The van der Waals surface area contributed by atoms with Crippen LogP contribution in [0.5, 0.6) is 0 Å². The van der Waals surface area contributed by atoms with Crippen molar-refractivity contribution in [2.45, 2.75) is 153 Å². The molecule has 2 amide bonds. The van der Waals surface area contributed by atoms with Crippen LogP contribution in [0.15, 0.2) is 86.0 Å². The van der Waals surface area contributed by atoms with E-state index in [0.29, 0.717) is 69.8 Å². The van der Waals surface area contributed by atoms with Crippen LogP contribution in [0.25, 0.3) is 22.3 Å². The highest BCUT2D eigenvalue weighted by atomic mass is 35.6. The lowest BCUT2D eigenvalue weighted by atomic mass is 9.96. The summed E-state index contributed by atoms with van der Waals surface area (Å²) in [7, 11) is -4.45. The summed E-state index contributed by atoms with van der Waals surface area (Å²) in [5, 5.41) is 16.6. The fraction of sp³-hybridized carbons (Fsp3) is 0.529. The Bertz CT molecular complexity index is 2880. The first-order chi connectivity index (χ1) is 34.9. The summed E-state index contributed by atoms with van der Waals surface area (Å²) in [5.41, 5.74) is 1.85. The highest BCUT2D eigenvalue weighted by molar-refractivity contribution is 7.20. The first-order valence-electron chi connectivity index (χ1n) is 25.1. The van der Waals surface area contributed by atoms with Gasteiger partial charge in [0.05, 0.1) is 34.4 Å². The third-order valence-corrected chi connectivity index (χ3v) is 24.7. The zero-order valence-corrected chi connectivity index (χ0v) is 46.5. The molecule has 4 saturated heterocycles. The van der Waals surface area contributed by atoms with Gasteiger partial charge >= 0.3 is 0 Å². The number of benzene rings is 2. The lowest BCUT2D eigenvalue weighted by molar-refractivity contribution is -0.173. The Morgan fingerprint density at radius 2 is 1.15 bits per heavy atom. The van der Waals surface area contributed by atoms with Gasteiger partial charge in [-0.05, 0) is 60.3 Å². The van der Waals surface area contributed by atoms with E-state index < -0.39 is 58.7 Å². The summed E-state index contributed by atoms with van der Waals surface area (Å²) < 4.78 is 50.8. The summed E-state index contributed by atoms with van der Waals surface area (Å²) in [4.78, 5) is 51.3. The number of nitrogens with zero attached hydrogens (tertiary/aromatic N) is 8. The van der Waals surface area contributed by atoms with Gasteiger partial charge in [0.25, 0.3) is 11.8 Å². The number of rotatable bonds is 10. The molecule has 4 aliphatic heterocycles. The normalized spacial score (nSPS) is 25.5. The van der Waals surface area contributed by atoms with Crippen molar-refractivity contribution in [1.82, 2.24) is 39.0 Å². The number of hydrogen-bond acceptors (Lipinski definition) is 14. The molecule has 4 bridgehead atoms. The molecule has 0 unspecified atom stereocenters. The van der Waals surface area contributed by atoms with E-state index in [9.17, 15) is 19.1 Å². The van der Waals surface area contributed by atoms with Crippen LogP contribution in [0.4, 0.5) is 16.0 Å². The highest BCUT2D eigenvalue weighted by Crippen LogP contribution is 2.52. The van der Waals surface area contributed by atoms with E-state index in [1.54, 1.807) is 53.6 Å². The van der Waals surface area contributed by atoms with Gasteiger partial charge in [0.15, 0.2) is 62.1 Å². The van der Waals surface area contributed by atoms with E-state index in [4.69, 9.17) is 35.8 Å². The van der Waals surface area contributed by atoms with E-state index in [0.717, 1.165) is 6.42 Å². The SMILES string of the molecule is CC(C)(C)[Si](C)(C)Cl.CC[C@@]12CO[C@@H]([C@H](n3cnc4c(NC(=O)c5ccccc5)ncnc43)O1)[C@@H]2O.CC[C@@]12CO[C@@H]([C@H](n3cnc4c(NC(=O)c5ccccc5)ncnc43)O1)[C@@H]2O[Si](C)(C)C(C)(C)C.[2H]CF. The van der Waals surface area contributed by atoms with Crippen molar-refractivity contribution in [3.63, 3.8) is 0 Å². The van der Waals surface area contributed by atoms with Crippen molar-refractivity contribution in [1.29, 1.82) is 0 Å². The molecule has 18 nitrogen and oxygen atoms in total. The average Bonchev–Trinajstić information content (AvgIpc) is 4.22. The number of imidazole rings is 2. The van der Waals surface area contributed by atoms with Crippen molar-refractivity contribution in [2.24, 2.45) is 0 Å². The Balaban J connectivity index is 0.000000183. The molecule has 394 valence electrons. The smallest absolute Gasteiger partial charge is 0.256 e. The molecular weight excluding hydrogens is 991 g/mol. The first-order valence-corrected chi connectivity index (χ1v) is 31.3. The number of carbonyl (C=O) groups is 2. The monoisotopic (exact) mass is 1060 g/mol. The van der Waals surface area contributed by atoms with Crippen LogP contribution < -0.4 is 10.6 Å². The Morgan fingerprint density at radius 3 is 1.56 bits per heavy atom. The minimum absolute atomic E-state index is 0.0697. The molecule has 8 atom stereocenters. The van der Waals surface area contributed by atoms with Crippen LogP contribution in [-0.4, -0.2) is 128 Å². The third-order valence-electron chi connectivity index (χ3n) is 15.0. The Hall–Kier alpha value is -5.11. The Morgan fingerprint density at radius 1 is 0.740 bits per heavy atom. The summed E-state index contributed by atoms with van der Waals surface area (Å²) in [5.74, 6) is 0.126. The van der Waals surface area contributed by atoms with Crippen LogP contribution in [0.3, 0.4) is 0 Å². The third kappa shape index (κ3) is 11.0. The molecule has 73 heavy (non-hydrogen) atoms. The van der Waals surface area contributed by atoms with Gasteiger partial charge in [0.1, 0.15) is 48.3 Å². The molecule has 4 aromatic heterocycles. The minimum atomic E-state index is -2.06. The van der Waals surface area contributed by atoms with Gasteiger partial charge in [0, 0.05) is 11.1 Å². The molecule has 4 fully saturated rings. The fourth-order valence-corrected chi connectivity index (χ4v) is 9.72. The Kier molecular flexibility index (Phi) is 16.0. The Labute approximate surface area is 434 Å². The fourth-order valence-electron chi connectivity index (χ4n) is 8.39. The van der Waals surface area contributed by atoms with Crippen molar-refractivity contribution in [3.05, 3.63) is 97.1 Å². The summed E-state index contributed by atoms with van der Waals surface area (Å²) in [6.45, 7) is 27.1. The lowest BCUT2D eigenvalue weighted by Gasteiger charge is -2.40. The molecule has 8 heterocycles. The number of carbonyl (C=O) groups excluding carboxylic acids is 2. The second-order valence-electron chi connectivity index (χ2n) is 21.6. The van der Waals surface area contributed by atoms with Crippen LogP contribution in [0.2, 0.25) is 36.3 Å². The molecule has 6 aromatic rings. The number of aliphatic hydroxyl groups is 1. The number of anilines is 2. The molecule has 0 spiro atoms. The topological polar surface area (TPSA) is 212 Å². The lowest BCUT2D eigenvalue weighted by Crippen LogP contribution is -2.51.